The van der Waals surface area contributed by atoms with Crippen molar-refractivity contribution in [2.45, 2.75) is 78.2 Å². The first kappa shape index (κ1) is 18.3. The number of hydrogen-bond acceptors (Lipinski definition) is 3. The van der Waals surface area contributed by atoms with E-state index in [1.165, 1.54) is 25.0 Å². The molecule has 0 aromatic rings. The van der Waals surface area contributed by atoms with E-state index in [0.717, 1.165) is 45.2 Å². The molecule has 1 saturated heterocycles. The van der Waals surface area contributed by atoms with Gasteiger partial charge in [-0.2, -0.15) is 0 Å². The fourth-order valence-electron chi connectivity index (χ4n) is 4.50. The standard InChI is InChI=1S/C21H34N2O2/c1-4-22(5-2)17-11-13-21(3,14-12-17)15-19-20(24)23(16-25-19)18-9-7-6-8-10-18/h11,15,18H,4-10,12-14,16H2,1-3H3/b19-15+. The molecule has 3 rings (SSSR count). The van der Waals surface area contributed by atoms with Gasteiger partial charge in [0.1, 0.15) is 0 Å². The largest absolute Gasteiger partial charge is 0.468 e. The summed E-state index contributed by atoms with van der Waals surface area (Å²) in [6, 6.07) is 0.389. The van der Waals surface area contributed by atoms with Crippen molar-refractivity contribution in [3.8, 4) is 0 Å². The van der Waals surface area contributed by atoms with E-state index in [4.69, 9.17) is 4.74 Å². The van der Waals surface area contributed by atoms with E-state index in [-0.39, 0.29) is 11.3 Å². The van der Waals surface area contributed by atoms with Gasteiger partial charge < -0.3 is 9.64 Å². The molecular weight excluding hydrogens is 312 g/mol. The van der Waals surface area contributed by atoms with Crippen LogP contribution >= 0.6 is 0 Å². The van der Waals surface area contributed by atoms with Crippen LogP contribution in [0.5, 0.6) is 0 Å². The molecule has 2 aliphatic carbocycles. The van der Waals surface area contributed by atoms with Crippen LogP contribution in [0.4, 0.5) is 0 Å². The molecule has 140 valence electrons. The summed E-state index contributed by atoms with van der Waals surface area (Å²) < 4.78 is 5.82. The van der Waals surface area contributed by atoms with E-state index < -0.39 is 0 Å². The highest BCUT2D eigenvalue weighted by molar-refractivity contribution is 5.93. The van der Waals surface area contributed by atoms with Gasteiger partial charge in [0.15, 0.2) is 12.5 Å². The van der Waals surface area contributed by atoms with Crippen molar-refractivity contribution in [3.63, 3.8) is 0 Å². The predicted molar refractivity (Wildman–Crippen MR) is 101 cm³/mol. The minimum atomic E-state index is 0.0320. The van der Waals surface area contributed by atoms with Gasteiger partial charge in [-0.3, -0.25) is 9.69 Å². The number of carbonyl (C=O) groups excluding carboxylic acids is 1. The predicted octanol–water partition coefficient (Wildman–Crippen LogP) is 4.44. The molecule has 0 spiro atoms. The highest BCUT2D eigenvalue weighted by Gasteiger charge is 2.36. The van der Waals surface area contributed by atoms with Gasteiger partial charge in [0.2, 0.25) is 0 Å². The number of ether oxygens (including phenoxy) is 1. The number of nitrogens with zero attached hydrogens (tertiary/aromatic N) is 2. The minimum absolute atomic E-state index is 0.0320. The zero-order chi connectivity index (χ0) is 17.9. The topological polar surface area (TPSA) is 32.8 Å². The maximum Gasteiger partial charge on any atom is 0.291 e. The fraction of sp³-hybridized carbons (Fsp3) is 0.762. The third-order valence-corrected chi connectivity index (χ3v) is 6.25. The Balaban J connectivity index is 1.65. The van der Waals surface area contributed by atoms with Crippen molar-refractivity contribution in [1.29, 1.82) is 0 Å². The van der Waals surface area contributed by atoms with Crippen LogP contribution in [-0.2, 0) is 9.53 Å². The first-order valence-corrected chi connectivity index (χ1v) is 10.2. The van der Waals surface area contributed by atoms with Crippen molar-refractivity contribution in [1.82, 2.24) is 9.80 Å². The second-order valence-electron chi connectivity index (χ2n) is 8.07. The number of allylic oxidation sites excluding steroid dienone is 3. The smallest absolute Gasteiger partial charge is 0.291 e. The Bertz CT molecular complexity index is 544. The van der Waals surface area contributed by atoms with Gasteiger partial charge in [0.25, 0.3) is 5.91 Å². The molecule has 1 amide bonds. The normalized spacial score (nSPS) is 29.7. The van der Waals surface area contributed by atoms with Gasteiger partial charge in [0.05, 0.1) is 0 Å². The Kier molecular flexibility index (Phi) is 5.75. The molecule has 4 nitrogen and oxygen atoms in total. The van der Waals surface area contributed by atoms with Crippen molar-refractivity contribution in [2.24, 2.45) is 5.41 Å². The molecule has 1 saturated carbocycles. The van der Waals surface area contributed by atoms with Crippen LogP contribution in [0.15, 0.2) is 23.6 Å². The van der Waals surface area contributed by atoms with Crippen LogP contribution in [0.2, 0.25) is 0 Å². The van der Waals surface area contributed by atoms with Crippen LogP contribution < -0.4 is 0 Å². The summed E-state index contributed by atoms with van der Waals surface area (Å²) in [7, 11) is 0. The lowest BCUT2D eigenvalue weighted by atomic mass is 9.77. The Labute approximate surface area is 152 Å². The summed E-state index contributed by atoms with van der Waals surface area (Å²) in [6.07, 6.45) is 13.7. The van der Waals surface area contributed by atoms with Gasteiger partial charge in [-0.15, -0.1) is 0 Å². The molecule has 2 fully saturated rings. The van der Waals surface area contributed by atoms with Crippen LogP contribution in [0.1, 0.15) is 72.1 Å². The number of rotatable bonds is 5. The van der Waals surface area contributed by atoms with Crippen LogP contribution in [-0.4, -0.2) is 41.6 Å². The third kappa shape index (κ3) is 4.04. The zero-order valence-electron chi connectivity index (χ0n) is 16.2. The molecule has 1 atom stereocenters. The lowest BCUT2D eigenvalue weighted by molar-refractivity contribution is -0.127. The summed E-state index contributed by atoms with van der Waals surface area (Å²) in [5, 5.41) is 0. The first-order chi connectivity index (χ1) is 12.1. The van der Waals surface area contributed by atoms with Crippen LogP contribution in [0.3, 0.4) is 0 Å². The molecule has 1 heterocycles. The average molecular weight is 347 g/mol. The average Bonchev–Trinajstić information content (AvgIpc) is 2.99. The molecule has 1 unspecified atom stereocenters. The van der Waals surface area contributed by atoms with E-state index in [0.29, 0.717) is 18.5 Å². The maximum atomic E-state index is 12.8. The molecular formula is C21H34N2O2. The molecule has 0 radical (unpaired) electrons. The summed E-state index contributed by atoms with van der Waals surface area (Å²) in [5.41, 5.74) is 1.49. The molecule has 0 N–H and O–H groups in total. The summed E-state index contributed by atoms with van der Waals surface area (Å²) in [5.74, 6) is 0.708. The highest BCUT2D eigenvalue weighted by Crippen LogP contribution is 2.39. The van der Waals surface area contributed by atoms with Crippen LogP contribution in [0, 0.1) is 5.41 Å². The number of hydrogen-bond donors (Lipinski definition) is 0. The van der Waals surface area contributed by atoms with Crippen molar-refractivity contribution in [3.05, 3.63) is 23.6 Å². The van der Waals surface area contributed by atoms with Crippen molar-refractivity contribution >= 4 is 5.91 Å². The molecule has 0 bridgehead atoms. The van der Waals surface area contributed by atoms with Gasteiger partial charge in [-0.05, 0) is 57.4 Å². The molecule has 4 heteroatoms. The van der Waals surface area contributed by atoms with Crippen molar-refractivity contribution < 1.29 is 9.53 Å². The van der Waals surface area contributed by atoms with Gasteiger partial charge in [-0.25, -0.2) is 0 Å². The number of carbonyl (C=O) groups is 1. The van der Waals surface area contributed by atoms with Gasteiger partial charge in [-0.1, -0.05) is 32.3 Å². The van der Waals surface area contributed by atoms with Gasteiger partial charge in [0, 0.05) is 24.8 Å². The molecule has 0 aromatic heterocycles. The minimum Gasteiger partial charge on any atom is -0.468 e. The summed E-state index contributed by atoms with van der Waals surface area (Å²) >= 11 is 0. The quantitative estimate of drug-likeness (QED) is 0.690. The Morgan fingerprint density at radius 3 is 2.60 bits per heavy atom. The van der Waals surface area contributed by atoms with E-state index in [1.54, 1.807) is 0 Å². The zero-order valence-corrected chi connectivity index (χ0v) is 16.2. The van der Waals surface area contributed by atoms with E-state index >= 15 is 0 Å². The lowest BCUT2D eigenvalue weighted by Crippen LogP contribution is -2.38. The summed E-state index contributed by atoms with van der Waals surface area (Å²) in [6.45, 7) is 9.27. The SMILES string of the molecule is CCN(CC)C1=CCC(C)(/C=C2/OCN(C3CCCCC3)C2=O)CC1. The van der Waals surface area contributed by atoms with E-state index in [9.17, 15) is 4.79 Å². The van der Waals surface area contributed by atoms with E-state index in [2.05, 4.69) is 37.8 Å². The second kappa shape index (κ2) is 7.84. The molecule has 25 heavy (non-hydrogen) atoms. The molecule has 1 aliphatic heterocycles. The first-order valence-electron chi connectivity index (χ1n) is 10.2. The number of amides is 1. The third-order valence-electron chi connectivity index (χ3n) is 6.25. The maximum absolute atomic E-state index is 12.8. The molecule has 3 aliphatic rings. The summed E-state index contributed by atoms with van der Waals surface area (Å²) in [4.78, 5) is 17.2. The van der Waals surface area contributed by atoms with Crippen molar-refractivity contribution in [2.75, 3.05) is 19.8 Å². The second-order valence-corrected chi connectivity index (χ2v) is 8.07. The Morgan fingerprint density at radius 1 is 1.28 bits per heavy atom. The van der Waals surface area contributed by atoms with E-state index in [1.807, 2.05) is 4.90 Å². The van der Waals surface area contributed by atoms with Gasteiger partial charge >= 0.3 is 0 Å². The lowest BCUT2D eigenvalue weighted by Gasteiger charge is -2.34. The highest BCUT2D eigenvalue weighted by atomic mass is 16.5. The Hall–Kier alpha value is -1.45. The molecule has 0 aromatic carbocycles. The monoisotopic (exact) mass is 346 g/mol. The fourth-order valence-corrected chi connectivity index (χ4v) is 4.50. The Morgan fingerprint density at radius 2 is 2.00 bits per heavy atom. The van der Waals surface area contributed by atoms with Crippen LogP contribution in [0.25, 0.3) is 0 Å².